The molecule has 0 atom stereocenters. The molecule has 0 spiro atoms. The topological polar surface area (TPSA) is 65.2 Å². The van der Waals surface area contributed by atoms with Gasteiger partial charge in [0.15, 0.2) is 5.82 Å². The van der Waals surface area contributed by atoms with Crippen molar-refractivity contribution < 1.29 is 18.3 Å². The van der Waals surface area contributed by atoms with Crippen molar-refractivity contribution in [1.29, 1.82) is 0 Å². The zero-order chi connectivity index (χ0) is 12.5. The Balaban J connectivity index is 3.35. The van der Waals surface area contributed by atoms with Gasteiger partial charge < -0.3 is 10.5 Å². The molecule has 1 aromatic heterocycles. The Hall–Kier alpha value is -1.72. The van der Waals surface area contributed by atoms with Gasteiger partial charge in [-0.15, -0.1) is 0 Å². The minimum atomic E-state index is -1.97. The van der Waals surface area contributed by atoms with Crippen molar-refractivity contribution in [2.45, 2.75) is 19.5 Å². The summed E-state index contributed by atoms with van der Waals surface area (Å²) in [6.45, 7) is 2.30. The van der Waals surface area contributed by atoms with Gasteiger partial charge in [0.05, 0.1) is 12.8 Å². The molecule has 0 aliphatic heterocycles. The highest BCUT2D eigenvalue weighted by Crippen LogP contribution is 2.29. The van der Waals surface area contributed by atoms with Crippen LogP contribution in [0.4, 0.5) is 14.5 Å². The maximum Gasteiger partial charge on any atom is 0.341 e. The smallest absolute Gasteiger partial charge is 0.341 e. The van der Waals surface area contributed by atoms with Crippen molar-refractivity contribution in [2.24, 2.45) is 0 Å². The SMILES string of the molecule is COC(=O)c1cnc(C(C)(C)F)c(F)c1N. The second-order valence-corrected chi connectivity index (χ2v) is 3.71. The van der Waals surface area contributed by atoms with Gasteiger partial charge in [-0.05, 0) is 13.8 Å². The van der Waals surface area contributed by atoms with E-state index in [1.54, 1.807) is 0 Å². The van der Waals surface area contributed by atoms with Gasteiger partial charge in [-0.2, -0.15) is 0 Å². The molecule has 4 nitrogen and oxygen atoms in total. The van der Waals surface area contributed by atoms with Crippen LogP contribution in [0.3, 0.4) is 0 Å². The van der Waals surface area contributed by atoms with E-state index in [1.165, 1.54) is 0 Å². The largest absolute Gasteiger partial charge is 0.465 e. The van der Waals surface area contributed by atoms with Gasteiger partial charge in [0.1, 0.15) is 16.9 Å². The number of hydrogen-bond donors (Lipinski definition) is 1. The van der Waals surface area contributed by atoms with Crippen molar-refractivity contribution in [3.63, 3.8) is 0 Å². The van der Waals surface area contributed by atoms with Crippen LogP contribution in [-0.4, -0.2) is 18.1 Å². The number of carbonyl (C=O) groups excluding carboxylic acids is 1. The first kappa shape index (κ1) is 12.4. The Kier molecular flexibility index (Phi) is 3.11. The number of esters is 1. The monoisotopic (exact) mass is 230 g/mol. The number of pyridine rings is 1. The number of methoxy groups -OCH3 is 1. The molecule has 0 bridgehead atoms. The van der Waals surface area contributed by atoms with Crippen LogP contribution in [0.25, 0.3) is 0 Å². The molecule has 1 rings (SSSR count). The summed E-state index contributed by atoms with van der Waals surface area (Å²) in [4.78, 5) is 14.7. The second-order valence-electron chi connectivity index (χ2n) is 3.71. The van der Waals surface area contributed by atoms with Crippen molar-refractivity contribution in [1.82, 2.24) is 4.98 Å². The second kappa shape index (κ2) is 4.03. The molecule has 0 aliphatic carbocycles. The molecule has 0 amide bonds. The molecule has 0 aromatic carbocycles. The number of carbonyl (C=O) groups is 1. The first-order valence-corrected chi connectivity index (χ1v) is 4.50. The molecule has 0 saturated heterocycles. The fourth-order valence-electron chi connectivity index (χ4n) is 1.19. The Labute approximate surface area is 91.4 Å². The van der Waals surface area contributed by atoms with E-state index in [2.05, 4.69) is 9.72 Å². The number of nitrogen functional groups attached to an aromatic ring is 1. The summed E-state index contributed by atoms with van der Waals surface area (Å²) in [7, 11) is 1.13. The van der Waals surface area contributed by atoms with E-state index in [-0.39, 0.29) is 5.56 Å². The molecule has 88 valence electrons. The van der Waals surface area contributed by atoms with E-state index in [0.29, 0.717) is 0 Å². The molecular weight excluding hydrogens is 218 g/mol. The molecular formula is C10H12F2N2O2. The van der Waals surface area contributed by atoms with E-state index in [4.69, 9.17) is 5.73 Å². The highest BCUT2D eigenvalue weighted by Gasteiger charge is 2.28. The number of aromatic nitrogens is 1. The predicted molar refractivity (Wildman–Crippen MR) is 54.1 cm³/mol. The molecule has 1 heterocycles. The first-order chi connectivity index (χ1) is 7.29. The van der Waals surface area contributed by atoms with Gasteiger partial charge in [0, 0.05) is 6.20 Å². The summed E-state index contributed by atoms with van der Waals surface area (Å²) in [6.07, 6.45) is 1.00. The van der Waals surface area contributed by atoms with Crippen LogP contribution in [0.1, 0.15) is 29.9 Å². The summed E-state index contributed by atoms with van der Waals surface area (Å²) < 4.78 is 31.5. The van der Waals surface area contributed by atoms with Crippen molar-refractivity contribution in [2.75, 3.05) is 12.8 Å². The lowest BCUT2D eigenvalue weighted by Crippen LogP contribution is -2.18. The Bertz CT molecular complexity index is 428. The molecule has 0 radical (unpaired) electrons. The lowest BCUT2D eigenvalue weighted by molar-refractivity contribution is 0.0600. The lowest BCUT2D eigenvalue weighted by Gasteiger charge is -2.16. The molecule has 0 aliphatic rings. The Morgan fingerprint density at radius 1 is 1.56 bits per heavy atom. The molecule has 16 heavy (non-hydrogen) atoms. The van der Waals surface area contributed by atoms with Crippen LogP contribution in [0.5, 0.6) is 0 Å². The summed E-state index contributed by atoms with van der Waals surface area (Å²) in [5.74, 6) is -1.84. The zero-order valence-electron chi connectivity index (χ0n) is 9.17. The average molecular weight is 230 g/mol. The number of halogens is 2. The number of nitrogens with two attached hydrogens (primary N) is 1. The van der Waals surface area contributed by atoms with Gasteiger partial charge in [-0.3, -0.25) is 4.98 Å². The van der Waals surface area contributed by atoms with Gasteiger partial charge in [-0.25, -0.2) is 13.6 Å². The van der Waals surface area contributed by atoms with Gasteiger partial charge in [0.25, 0.3) is 0 Å². The Morgan fingerprint density at radius 2 is 2.12 bits per heavy atom. The van der Waals surface area contributed by atoms with Crippen LogP contribution in [0.15, 0.2) is 6.20 Å². The molecule has 6 heteroatoms. The fourth-order valence-corrected chi connectivity index (χ4v) is 1.19. The van der Waals surface area contributed by atoms with Crippen molar-refractivity contribution in [3.05, 3.63) is 23.3 Å². The Morgan fingerprint density at radius 3 is 2.56 bits per heavy atom. The third-order valence-electron chi connectivity index (χ3n) is 2.03. The molecule has 0 fully saturated rings. The van der Waals surface area contributed by atoms with Gasteiger partial charge in [0.2, 0.25) is 0 Å². The summed E-state index contributed by atoms with van der Waals surface area (Å²) >= 11 is 0. The third-order valence-corrected chi connectivity index (χ3v) is 2.03. The molecule has 0 saturated carbocycles. The van der Waals surface area contributed by atoms with Crippen LogP contribution in [-0.2, 0) is 10.4 Å². The number of nitrogens with zero attached hydrogens (tertiary/aromatic N) is 1. The first-order valence-electron chi connectivity index (χ1n) is 4.50. The van der Waals surface area contributed by atoms with Crippen molar-refractivity contribution in [3.8, 4) is 0 Å². The average Bonchev–Trinajstić information content (AvgIpc) is 2.19. The van der Waals surface area contributed by atoms with E-state index in [1.807, 2.05) is 0 Å². The minimum Gasteiger partial charge on any atom is -0.465 e. The predicted octanol–water partition coefficient (Wildman–Crippen LogP) is 1.79. The van der Waals surface area contributed by atoms with Gasteiger partial charge >= 0.3 is 5.97 Å². The highest BCUT2D eigenvalue weighted by molar-refractivity contribution is 5.94. The van der Waals surface area contributed by atoms with E-state index >= 15 is 0 Å². The number of anilines is 1. The number of rotatable bonds is 2. The maximum atomic E-state index is 13.6. The molecule has 0 unspecified atom stereocenters. The van der Waals surface area contributed by atoms with E-state index < -0.39 is 28.8 Å². The zero-order valence-corrected chi connectivity index (χ0v) is 9.17. The summed E-state index contributed by atoms with van der Waals surface area (Å²) in [6, 6.07) is 0. The molecule has 1 aromatic rings. The van der Waals surface area contributed by atoms with E-state index in [0.717, 1.165) is 27.2 Å². The standard InChI is InChI=1S/C10H12F2N2O2/c1-10(2,12)8-6(11)7(13)5(4-14-8)9(15)16-3/h4H,1-3H3,(H2,13,14). The minimum absolute atomic E-state index is 0.215. The normalized spacial score (nSPS) is 11.3. The van der Waals surface area contributed by atoms with Crippen molar-refractivity contribution >= 4 is 11.7 Å². The number of ether oxygens (including phenoxy) is 1. The van der Waals surface area contributed by atoms with Gasteiger partial charge in [-0.1, -0.05) is 0 Å². The third kappa shape index (κ3) is 2.10. The van der Waals surface area contributed by atoms with Crippen LogP contribution in [0, 0.1) is 5.82 Å². The van der Waals surface area contributed by atoms with Crippen LogP contribution >= 0.6 is 0 Å². The quantitative estimate of drug-likeness (QED) is 0.786. The summed E-state index contributed by atoms with van der Waals surface area (Å²) in [5, 5.41) is 0. The summed E-state index contributed by atoms with van der Waals surface area (Å²) in [5.41, 5.74) is 2.31. The highest BCUT2D eigenvalue weighted by atomic mass is 19.1. The van der Waals surface area contributed by atoms with Crippen LogP contribution in [0.2, 0.25) is 0 Å². The lowest BCUT2D eigenvalue weighted by atomic mass is 10.0. The molecule has 2 N–H and O–H groups in total. The van der Waals surface area contributed by atoms with Crippen LogP contribution < -0.4 is 5.73 Å². The fraction of sp³-hybridized carbons (Fsp3) is 0.400. The maximum absolute atomic E-state index is 13.6. The number of hydrogen-bond acceptors (Lipinski definition) is 4. The van der Waals surface area contributed by atoms with E-state index in [9.17, 15) is 13.6 Å². The number of alkyl halides is 1.